The summed E-state index contributed by atoms with van der Waals surface area (Å²) in [5.74, 6) is 0.881. The number of carbonyl (C=O) groups is 1. The number of hydrogen-bond donors (Lipinski definition) is 0. The zero-order chi connectivity index (χ0) is 22.9. The van der Waals surface area contributed by atoms with Crippen molar-refractivity contribution >= 4 is 29.6 Å². The van der Waals surface area contributed by atoms with Crippen molar-refractivity contribution in [1.29, 1.82) is 0 Å². The summed E-state index contributed by atoms with van der Waals surface area (Å²) < 4.78 is 38.7. The van der Waals surface area contributed by atoms with Gasteiger partial charge >= 0.3 is 6.18 Å². The van der Waals surface area contributed by atoms with Gasteiger partial charge in [-0.1, -0.05) is 29.8 Å². The third kappa shape index (κ3) is 5.04. The molecule has 4 rings (SSSR count). The van der Waals surface area contributed by atoms with E-state index < -0.39 is 11.7 Å². The SMILES string of the molecule is CC1=NC(CCCC(=O)N2Cc3ccc(-c4ccc(C(F)(F)F)cc4Cl)cc3C2)CC=N1. The van der Waals surface area contributed by atoms with Crippen LogP contribution in [0, 0.1) is 0 Å². The summed E-state index contributed by atoms with van der Waals surface area (Å²) in [6, 6.07) is 9.25. The van der Waals surface area contributed by atoms with E-state index in [4.69, 9.17) is 11.6 Å². The highest BCUT2D eigenvalue weighted by Gasteiger charge is 2.31. The minimum absolute atomic E-state index is 0.0522. The molecule has 32 heavy (non-hydrogen) atoms. The van der Waals surface area contributed by atoms with E-state index in [2.05, 4.69) is 9.98 Å². The van der Waals surface area contributed by atoms with Gasteiger partial charge in [0.25, 0.3) is 0 Å². The van der Waals surface area contributed by atoms with Gasteiger partial charge in [0.15, 0.2) is 0 Å². The zero-order valence-corrected chi connectivity index (χ0v) is 18.4. The Bertz CT molecular complexity index is 1090. The normalized spacial score (nSPS) is 18.0. The summed E-state index contributed by atoms with van der Waals surface area (Å²) in [4.78, 5) is 23.2. The van der Waals surface area contributed by atoms with Gasteiger partial charge in [0, 0.05) is 42.7 Å². The molecule has 0 radical (unpaired) electrons. The van der Waals surface area contributed by atoms with Crippen LogP contribution in [-0.4, -0.2) is 28.9 Å². The molecule has 0 bridgehead atoms. The van der Waals surface area contributed by atoms with Crippen molar-refractivity contribution in [3.05, 3.63) is 58.1 Å². The Morgan fingerprint density at radius 1 is 1.16 bits per heavy atom. The predicted molar refractivity (Wildman–Crippen MR) is 120 cm³/mol. The maximum Gasteiger partial charge on any atom is 0.416 e. The van der Waals surface area contributed by atoms with E-state index >= 15 is 0 Å². The molecule has 0 saturated heterocycles. The molecule has 8 heteroatoms. The average molecular weight is 462 g/mol. The summed E-state index contributed by atoms with van der Waals surface area (Å²) in [5.41, 5.74) is 2.55. The molecule has 1 atom stereocenters. The molecule has 2 aromatic rings. The lowest BCUT2D eigenvalue weighted by atomic mass is 9.99. The number of hydrogen-bond acceptors (Lipinski definition) is 3. The van der Waals surface area contributed by atoms with Crippen molar-refractivity contribution in [1.82, 2.24) is 4.90 Å². The number of nitrogens with zero attached hydrogens (tertiary/aromatic N) is 3. The molecule has 2 aromatic carbocycles. The summed E-state index contributed by atoms with van der Waals surface area (Å²) in [6.07, 6.45) is 0.354. The first kappa shape index (κ1) is 22.5. The monoisotopic (exact) mass is 461 g/mol. The molecule has 0 saturated carbocycles. The summed E-state index contributed by atoms with van der Waals surface area (Å²) in [6.45, 7) is 2.91. The van der Waals surface area contributed by atoms with E-state index in [1.54, 1.807) is 0 Å². The second-order valence-corrected chi connectivity index (χ2v) is 8.60. The Balaban J connectivity index is 1.38. The molecule has 0 fully saturated rings. The molecule has 1 amide bonds. The second kappa shape index (κ2) is 9.06. The highest BCUT2D eigenvalue weighted by atomic mass is 35.5. The maximum absolute atomic E-state index is 12.9. The topological polar surface area (TPSA) is 45.0 Å². The van der Waals surface area contributed by atoms with Crippen molar-refractivity contribution in [2.45, 2.75) is 57.9 Å². The number of rotatable bonds is 5. The van der Waals surface area contributed by atoms with E-state index in [9.17, 15) is 18.0 Å². The molecular formula is C24H23ClF3N3O. The van der Waals surface area contributed by atoms with E-state index in [0.717, 1.165) is 53.9 Å². The maximum atomic E-state index is 12.9. The van der Waals surface area contributed by atoms with Crippen molar-refractivity contribution < 1.29 is 18.0 Å². The number of benzene rings is 2. The third-order valence-electron chi connectivity index (χ3n) is 5.84. The molecule has 2 aliphatic rings. The van der Waals surface area contributed by atoms with Crippen LogP contribution in [0.2, 0.25) is 5.02 Å². The predicted octanol–water partition coefficient (Wildman–Crippen LogP) is 6.30. The summed E-state index contributed by atoms with van der Waals surface area (Å²) in [7, 11) is 0. The number of alkyl halides is 3. The molecular weight excluding hydrogens is 439 g/mol. The number of carbonyl (C=O) groups excluding carboxylic acids is 1. The van der Waals surface area contributed by atoms with Crippen LogP contribution in [0.5, 0.6) is 0 Å². The first-order chi connectivity index (χ1) is 15.2. The molecule has 4 nitrogen and oxygen atoms in total. The van der Waals surface area contributed by atoms with Crippen LogP contribution in [0.25, 0.3) is 11.1 Å². The van der Waals surface area contributed by atoms with Gasteiger partial charge < -0.3 is 4.90 Å². The fraction of sp³-hybridized carbons (Fsp3) is 0.375. The fourth-order valence-electron chi connectivity index (χ4n) is 4.15. The van der Waals surface area contributed by atoms with Gasteiger partial charge in [-0.3, -0.25) is 9.79 Å². The number of amides is 1. The Labute approximate surface area is 189 Å². The minimum atomic E-state index is -4.43. The van der Waals surface area contributed by atoms with Crippen LogP contribution in [0.1, 0.15) is 49.3 Å². The molecule has 2 aliphatic heterocycles. The second-order valence-electron chi connectivity index (χ2n) is 8.20. The lowest BCUT2D eigenvalue weighted by Crippen LogP contribution is -2.25. The standard InChI is InChI=1S/C24H23ClF3N3O/c1-15-29-10-9-20(30-15)3-2-4-23(32)31-13-17-6-5-16(11-18(17)14-31)21-8-7-19(12-22(21)25)24(26,27)28/h5-8,10-12,20H,2-4,9,13-14H2,1H3. The lowest BCUT2D eigenvalue weighted by Gasteiger charge is -2.17. The molecule has 2 heterocycles. The quantitative estimate of drug-likeness (QED) is 0.515. The van der Waals surface area contributed by atoms with Gasteiger partial charge in [-0.25, -0.2) is 4.99 Å². The van der Waals surface area contributed by atoms with Gasteiger partial charge in [0.1, 0.15) is 5.84 Å². The first-order valence-corrected chi connectivity index (χ1v) is 10.9. The highest BCUT2D eigenvalue weighted by molar-refractivity contribution is 6.33. The number of fused-ring (bicyclic) bond motifs is 1. The minimum Gasteiger partial charge on any atom is -0.334 e. The summed E-state index contributed by atoms with van der Waals surface area (Å²) >= 11 is 6.15. The van der Waals surface area contributed by atoms with E-state index in [-0.39, 0.29) is 17.0 Å². The Morgan fingerprint density at radius 3 is 2.66 bits per heavy atom. The average Bonchev–Trinajstić information content (AvgIpc) is 3.16. The van der Waals surface area contributed by atoms with Crippen LogP contribution in [0.3, 0.4) is 0 Å². The van der Waals surface area contributed by atoms with Crippen LogP contribution >= 0.6 is 11.6 Å². The molecule has 0 aliphatic carbocycles. The van der Waals surface area contributed by atoms with Crippen LogP contribution in [0.15, 0.2) is 46.4 Å². The van der Waals surface area contributed by atoms with Crippen LogP contribution in [-0.2, 0) is 24.1 Å². The zero-order valence-electron chi connectivity index (χ0n) is 17.6. The van der Waals surface area contributed by atoms with E-state index in [1.807, 2.05) is 36.2 Å². The lowest BCUT2D eigenvalue weighted by molar-refractivity contribution is -0.137. The molecule has 1 unspecified atom stereocenters. The Kier molecular flexibility index (Phi) is 6.38. The number of aliphatic imine (C=N–C) groups is 2. The van der Waals surface area contributed by atoms with Gasteiger partial charge in [-0.15, -0.1) is 0 Å². The molecule has 0 N–H and O–H groups in total. The molecule has 168 valence electrons. The number of halogens is 4. The number of amidine groups is 1. The summed E-state index contributed by atoms with van der Waals surface area (Å²) in [5, 5.41) is 0.0522. The van der Waals surface area contributed by atoms with Crippen molar-refractivity contribution in [2.75, 3.05) is 0 Å². The van der Waals surface area contributed by atoms with Crippen molar-refractivity contribution in [3.8, 4) is 11.1 Å². The van der Waals surface area contributed by atoms with Gasteiger partial charge in [-0.05, 0) is 54.7 Å². The Hall–Kier alpha value is -2.67. The Morgan fingerprint density at radius 2 is 1.94 bits per heavy atom. The van der Waals surface area contributed by atoms with E-state index in [0.29, 0.717) is 25.1 Å². The van der Waals surface area contributed by atoms with E-state index in [1.165, 1.54) is 6.07 Å². The van der Waals surface area contributed by atoms with Crippen molar-refractivity contribution in [3.63, 3.8) is 0 Å². The molecule has 0 spiro atoms. The van der Waals surface area contributed by atoms with Gasteiger partial charge in [0.05, 0.1) is 11.6 Å². The largest absolute Gasteiger partial charge is 0.416 e. The smallest absolute Gasteiger partial charge is 0.334 e. The molecule has 0 aromatic heterocycles. The van der Waals surface area contributed by atoms with Crippen LogP contribution in [0.4, 0.5) is 13.2 Å². The first-order valence-electron chi connectivity index (χ1n) is 10.5. The van der Waals surface area contributed by atoms with Crippen LogP contribution < -0.4 is 0 Å². The van der Waals surface area contributed by atoms with Gasteiger partial charge in [0.2, 0.25) is 5.91 Å². The van der Waals surface area contributed by atoms with Gasteiger partial charge in [-0.2, -0.15) is 13.2 Å². The third-order valence-corrected chi connectivity index (χ3v) is 6.15. The van der Waals surface area contributed by atoms with Crippen molar-refractivity contribution in [2.24, 2.45) is 9.98 Å². The fourth-order valence-corrected chi connectivity index (χ4v) is 4.44. The highest BCUT2D eigenvalue weighted by Crippen LogP contribution is 2.37.